The van der Waals surface area contributed by atoms with Crippen LogP contribution in [0.2, 0.25) is 0 Å². The van der Waals surface area contributed by atoms with Crippen LogP contribution in [0.3, 0.4) is 0 Å². The summed E-state index contributed by atoms with van der Waals surface area (Å²) in [7, 11) is -4.86. The van der Waals surface area contributed by atoms with Gasteiger partial charge in [-0.3, -0.25) is 0 Å². The number of aryl methyl sites for hydroxylation is 9. The first-order chi connectivity index (χ1) is 38.2. The maximum atomic E-state index is 8.00. The number of rotatable bonds is 18. The van der Waals surface area contributed by atoms with E-state index < -0.39 is 25.8 Å². The number of hydrogen-bond acceptors (Lipinski definition) is 11. The van der Waals surface area contributed by atoms with Gasteiger partial charge in [0.15, 0.2) is 0 Å². The average Bonchev–Trinajstić information content (AvgIpc) is 3.46. The van der Waals surface area contributed by atoms with Crippen molar-refractivity contribution in [3.63, 3.8) is 0 Å². The van der Waals surface area contributed by atoms with Crippen molar-refractivity contribution in [2.45, 2.75) is 62.3 Å². The molecule has 416 valence electrons. The summed E-state index contributed by atoms with van der Waals surface area (Å²) in [5.41, 5.74) is 10.6. The average molecular weight is 1220 g/mol. The van der Waals surface area contributed by atoms with E-state index in [0.29, 0.717) is 0 Å². The largest absolute Gasteiger partial charge is 0.530 e. The Morgan fingerprint density at radius 2 is 0.263 bits per heavy atom. The molecule has 0 saturated heterocycles. The van der Waals surface area contributed by atoms with Gasteiger partial charge in [0.25, 0.3) is 0 Å². The Morgan fingerprint density at radius 1 is 0.188 bits per heavy atom. The fourth-order valence-corrected chi connectivity index (χ4v) is 9.31. The molecule has 0 aliphatic heterocycles. The van der Waals surface area contributed by atoms with Crippen molar-refractivity contribution in [1.82, 2.24) is 0 Å². The fraction of sp³-hybridized carbons (Fsp3) is 0.138. The maximum Gasteiger partial charge on any atom is 0.530 e. The molecule has 0 aromatic heterocycles. The Hall–Kier alpha value is -7.57. The van der Waals surface area contributed by atoms with Crippen molar-refractivity contribution in [3.8, 4) is 51.7 Å². The van der Waals surface area contributed by atoms with Gasteiger partial charge in [-0.05, 0) is 172 Å². The molecule has 80 heavy (non-hydrogen) atoms. The predicted molar refractivity (Wildman–Crippen MR) is 321 cm³/mol. The summed E-state index contributed by atoms with van der Waals surface area (Å²) in [6, 6.07) is 70.5. The minimum Gasteiger partial charge on any atom is -0.409 e. The third kappa shape index (κ3) is 24.2. The molecule has 15 heteroatoms. The van der Waals surface area contributed by atoms with E-state index in [1.54, 1.807) is 0 Å². The van der Waals surface area contributed by atoms with Crippen LogP contribution in [0.4, 0.5) is 0 Å². The Morgan fingerprint density at radius 3 is 0.338 bits per heavy atom. The Bertz CT molecular complexity index is 2440. The van der Waals surface area contributed by atoms with E-state index in [-0.39, 0.29) is 19.5 Å². The van der Waals surface area contributed by atoms with Crippen molar-refractivity contribution in [2.75, 3.05) is 0 Å². The monoisotopic (exact) mass is 1220 g/mol. The zero-order valence-corrected chi connectivity index (χ0v) is 50.8. The van der Waals surface area contributed by atoms with E-state index in [1.807, 2.05) is 294 Å². The van der Waals surface area contributed by atoms with Gasteiger partial charge < -0.3 is 50.3 Å². The third-order valence-corrected chi connectivity index (χ3v) is 14.0. The normalized spacial score (nSPS) is 10.0. The van der Waals surface area contributed by atoms with Crippen molar-refractivity contribution < 1.29 is 69.8 Å². The van der Waals surface area contributed by atoms with Crippen LogP contribution < -0.4 is 40.7 Å². The predicted octanol–water partition coefficient (Wildman–Crippen LogP) is 18.8. The van der Waals surface area contributed by atoms with Gasteiger partial charge in [0.05, 0.1) is 0 Å². The van der Waals surface area contributed by atoms with E-state index in [9.17, 15) is 0 Å². The van der Waals surface area contributed by atoms with Gasteiger partial charge in [0, 0.05) is 19.5 Å². The summed E-state index contributed by atoms with van der Waals surface area (Å²) in [6.07, 6.45) is 0. The molecule has 0 fully saturated rings. The second-order valence-electron chi connectivity index (χ2n) is 17.8. The molecule has 0 aliphatic carbocycles. The fourth-order valence-electron chi connectivity index (χ4n) is 6.33. The van der Waals surface area contributed by atoms with Crippen LogP contribution in [0, 0.1) is 62.3 Å². The molecule has 0 spiro atoms. The van der Waals surface area contributed by atoms with E-state index in [2.05, 4.69) is 0 Å². The van der Waals surface area contributed by atoms with E-state index >= 15 is 0 Å². The number of benzene rings is 9. The summed E-state index contributed by atoms with van der Waals surface area (Å²) < 4.78 is 53.6. The van der Waals surface area contributed by atoms with Gasteiger partial charge in [-0.1, -0.05) is 159 Å². The van der Waals surface area contributed by atoms with Crippen LogP contribution in [-0.2, 0) is 29.1 Å². The summed E-state index contributed by atoms with van der Waals surface area (Å²) in [6.45, 7) is 22.4. The van der Waals surface area contributed by atoms with Crippen LogP contribution in [0.25, 0.3) is 0 Å². The van der Waals surface area contributed by atoms with Crippen molar-refractivity contribution in [1.29, 1.82) is 0 Å². The molecule has 0 bridgehead atoms. The maximum absolute atomic E-state index is 8.00. The first-order valence-electron chi connectivity index (χ1n) is 24.9. The van der Waals surface area contributed by atoms with Crippen molar-refractivity contribution >= 4 is 39.4 Å². The van der Waals surface area contributed by atoms with Gasteiger partial charge >= 0.3 is 25.8 Å². The van der Waals surface area contributed by atoms with Gasteiger partial charge in [-0.15, -0.1) is 0 Å². The molecule has 0 aliphatic rings. The molecule has 9 aromatic rings. The zero-order chi connectivity index (χ0) is 56.9. The van der Waals surface area contributed by atoms with E-state index in [1.165, 1.54) is 50.1 Å². The first kappa shape index (κ1) is 65.0. The number of carbonyl (C=O) groups excluding carboxylic acids is 2. The molecule has 0 amide bonds. The molecular weight excluding hydrogens is 1150 g/mol. The topological polar surface area (TPSA) is 117 Å². The second kappa shape index (κ2) is 35.1. The Kier molecular flexibility index (Phi) is 28.5. The number of hydrogen-bond donors (Lipinski definition) is 0. The second-order valence-corrected chi connectivity index (χ2v) is 20.8. The molecule has 9 rings (SSSR count). The van der Waals surface area contributed by atoms with Gasteiger partial charge in [-0.2, -0.15) is 0 Å². The molecule has 0 atom stereocenters. The third-order valence-electron chi connectivity index (χ3n) is 10.8. The van der Waals surface area contributed by atoms with Crippen molar-refractivity contribution in [3.05, 3.63) is 268 Å². The summed E-state index contributed by atoms with van der Waals surface area (Å²) in [4.78, 5) is 16.0. The molecule has 0 unspecified atom stereocenters. The molecule has 0 N–H and O–H groups in total. The van der Waals surface area contributed by atoms with Crippen LogP contribution in [-0.4, -0.2) is 13.6 Å². The molecule has 11 nitrogen and oxygen atoms in total. The van der Waals surface area contributed by atoms with Crippen molar-refractivity contribution in [2.24, 2.45) is 0 Å². The first-order valence-corrected chi connectivity index (χ1v) is 28.2. The molecule has 0 radical (unpaired) electrons. The summed E-state index contributed by atoms with van der Waals surface area (Å²) in [5.74, 6) is 6.47. The number of carbonyl (C=O) groups is 2. The Balaban J connectivity index is 0.000000249. The SMILES string of the molecule is C=O.C=O.Cc1ccc(OP(Oc2ccc(C)cc2)Oc2ccc(C)cc2)cc1.Cc1ccc(OP(Oc2ccc(C)cc2)Oc2ccc(C)cc2)cc1.Cc1ccc(OP(Oc2ccc(C)cc2)Oc2ccc(C)cc2)cc1.[Ru]. The quantitative estimate of drug-likeness (QED) is 0.0604. The van der Waals surface area contributed by atoms with Crippen LogP contribution in [0.5, 0.6) is 51.7 Å². The minimum atomic E-state index is -1.62. The van der Waals surface area contributed by atoms with Gasteiger partial charge in [-0.25, -0.2) is 0 Å². The minimum absolute atomic E-state index is 0. The smallest absolute Gasteiger partial charge is 0.409 e. The van der Waals surface area contributed by atoms with E-state index in [4.69, 9.17) is 50.3 Å². The Labute approximate surface area is 488 Å². The summed E-state index contributed by atoms with van der Waals surface area (Å²) >= 11 is 0. The molecule has 9 aromatic carbocycles. The van der Waals surface area contributed by atoms with E-state index in [0.717, 1.165) is 51.7 Å². The van der Waals surface area contributed by atoms with Crippen LogP contribution in [0.15, 0.2) is 218 Å². The van der Waals surface area contributed by atoms with Gasteiger partial charge in [0.2, 0.25) is 0 Å². The molecule has 0 heterocycles. The summed E-state index contributed by atoms with van der Waals surface area (Å²) in [5, 5.41) is 0. The zero-order valence-electron chi connectivity index (χ0n) is 46.4. The van der Waals surface area contributed by atoms with Gasteiger partial charge in [0.1, 0.15) is 65.3 Å². The molecule has 0 saturated carbocycles. The molecular formula is C65H67O11P3Ru. The van der Waals surface area contributed by atoms with Crippen LogP contribution in [0.1, 0.15) is 50.1 Å². The standard InChI is InChI=1S/3C21H21O3P.2CH2O.Ru/c3*1-16-4-10-19(11-5-16)22-25(23-20-12-6-17(2)7-13-20)24-21-14-8-18(3)9-15-21;2*1-2;/h3*4-15H,1-3H3;2*1H2;. The van der Waals surface area contributed by atoms with Crippen LogP contribution >= 0.6 is 25.8 Å².